The molecule has 3 rings (SSSR count). The van der Waals surface area contributed by atoms with Gasteiger partial charge in [0.25, 0.3) is 11.7 Å². The zero-order valence-electron chi connectivity index (χ0n) is 14.6. The highest BCUT2D eigenvalue weighted by Gasteiger charge is 2.14. The fourth-order valence-corrected chi connectivity index (χ4v) is 3.97. The molecule has 28 heavy (non-hydrogen) atoms. The van der Waals surface area contributed by atoms with Crippen LogP contribution in [-0.4, -0.2) is 29.2 Å². The predicted molar refractivity (Wildman–Crippen MR) is 106 cm³/mol. The lowest BCUT2D eigenvalue weighted by molar-refractivity contribution is -0.147. The van der Waals surface area contributed by atoms with Crippen LogP contribution in [0.4, 0.5) is 14.5 Å². The van der Waals surface area contributed by atoms with E-state index < -0.39 is 24.2 Å². The monoisotopic (exact) mass is 422 g/mol. The number of carbonyl (C=O) groups excluding carboxylic acids is 2. The number of benzene rings is 2. The van der Waals surface area contributed by atoms with E-state index in [1.54, 1.807) is 12.1 Å². The topological polar surface area (TPSA) is 68.3 Å². The number of alkyl halides is 2. The molecule has 0 aliphatic rings. The van der Waals surface area contributed by atoms with Crippen LogP contribution in [0.1, 0.15) is 11.4 Å². The lowest BCUT2D eigenvalue weighted by Gasteiger charge is -2.10. The highest BCUT2D eigenvalue weighted by atomic mass is 32.2. The van der Waals surface area contributed by atoms with Crippen LogP contribution < -0.4 is 5.32 Å². The normalized spacial score (nSPS) is 11.0. The third-order valence-corrected chi connectivity index (χ3v) is 5.51. The number of aromatic nitrogens is 1. The lowest BCUT2D eigenvalue weighted by Crippen LogP contribution is -2.21. The Hall–Kier alpha value is -2.52. The van der Waals surface area contributed by atoms with Crippen LogP contribution in [0.5, 0.6) is 0 Å². The third kappa shape index (κ3) is 5.74. The first-order chi connectivity index (χ1) is 13.5. The Kier molecular flexibility index (Phi) is 6.94. The largest absolute Gasteiger partial charge is 0.456 e. The van der Waals surface area contributed by atoms with E-state index in [-0.39, 0.29) is 17.0 Å². The number of para-hydroxylation sites is 2. The Balaban J connectivity index is 1.46. The quantitative estimate of drug-likeness (QED) is 0.420. The molecule has 9 heteroatoms. The molecule has 0 unspecified atom stereocenters. The number of nitrogens with one attached hydrogen (secondary N) is 1. The maximum Gasteiger partial charge on any atom is 0.306 e. The lowest BCUT2D eigenvalue weighted by atomic mass is 10.3. The second-order valence-corrected chi connectivity index (χ2v) is 7.81. The maximum atomic E-state index is 12.6. The summed E-state index contributed by atoms with van der Waals surface area (Å²) >= 11 is 1.85. The first-order valence-corrected chi connectivity index (χ1v) is 10.0. The molecule has 0 spiro atoms. The number of rotatable bonds is 8. The van der Waals surface area contributed by atoms with Crippen molar-refractivity contribution in [2.45, 2.75) is 23.5 Å². The average molecular weight is 422 g/mol. The van der Waals surface area contributed by atoms with Crippen LogP contribution in [0, 0.1) is 0 Å². The Morgan fingerprint density at radius 3 is 2.68 bits per heavy atom. The fraction of sp³-hybridized carbons (Fsp3) is 0.211. The summed E-state index contributed by atoms with van der Waals surface area (Å²) in [7, 11) is 0. The van der Waals surface area contributed by atoms with Crippen molar-refractivity contribution in [2.24, 2.45) is 0 Å². The van der Waals surface area contributed by atoms with E-state index >= 15 is 0 Å². The Morgan fingerprint density at radius 2 is 1.89 bits per heavy atom. The average Bonchev–Trinajstić information content (AvgIpc) is 3.09. The zero-order chi connectivity index (χ0) is 19.9. The van der Waals surface area contributed by atoms with Gasteiger partial charge in [0.1, 0.15) is 0 Å². The van der Waals surface area contributed by atoms with Crippen molar-refractivity contribution < 1.29 is 23.1 Å². The Bertz CT molecular complexity index is 945. The van der Waals surface area contributed by atoms with Crippen molar-refractivity contribution >= 4 is 50.9 Å². The second-order valence-electron chi connectivity index (χ2n) is 5.66. The summed E-state index contributed by atoms with van der Waals surface area (Å²) in [5, 5.41) is 3.30. The number of esters is 1. The number of amides is 1. The minimum absolute atomic E-state index is 0.102. The molecular weight excluding hydrogens is 406 g/mol. The molecule has 5 nitrogen and oxygen atoms in total. The van der Waals surface area contributed by atoms with Gasteiger partial charge in [0, 0.05) is 11.3 Å². The summed E-state index contributed by atoms with van der Waals surface area (Å²) in [4.78, 5) is 28.5. The van der Waals surface area contributed by atoms with Gasteiger partial charge >= 0.3 is 5.97 Å². The van der Waals surface area contributed by atoms with E-state index in [1.807, 2.05) is 24.3 Å². The van der Waals surface area contributed by atoms with E-state index in [1.165, 1.54) is 23.5 Å². The molecule has 0 aliphatic heterocycles. The van der Waals surface area contributed by atoms with Gasteiger partial charge in [0.15, 0.2) is 6.61 Å². The molecule has 1 aromatic heterocycles. The molecule has 2 aromatic carbocycles. The van der Waals surface area contributed by atoms with Crippen LogP contribution in [0.3, 0.4) is 0 Å². The van der Waals surface area contributed by atoms with Gasteiger partial charge in [-0.2, -0.15) is 8.78 Å². The standard InChI is InChI=1S/C19H16F2N2O3S2/c20-19(21)28-15-8-4-1-5-12(15)22-16(24)11-26-18(25)10-9-17-23-13-6-2-3-7-14(13)27-17/h1-8,19H,9-11H2,(H,22,24). The molecule has 0 fully saturated rings. The van der Waals surface area contributed by atoms with Gasteiger partial charge in [0.05, 0.1) is 27.3 Å². The van der Waals surface area contributed by atoms with Crippen molar-refractivity contribution in [2.75, 3.05) is 11.9 Å². The molecule has 3 aromatic rings. The van der Waals surface area contributed by atoms with Gasteiger partial charge in [-0.3, -0.25) is 9.59 Å². The smallest absolute Gasteiger partial charge is 0.306 e. The number of hydrogen-bond acceptors (Lipinski definition) is 6. The van der Waals surface area contributed by atoms with Crippen LogP contribution in [0.25, 0.3) is 10.2 Å². The molecule has 146 valence electrons. The van der Waals surface area contributed by atoms with E-state index in [9.17, 15) is 18.4 Å². The van der Waals surface area contributed by atoms with Gasteiger partial charge in [-0.15, -0.1) is 11.3 Å². The van der Waals surface area contributed by atoms with E-state index in [0.717, 1.165) is 15.2 Å². The molecule has 1 N–H and O–H groups in total. The first kappa shape index (κ1) is 20.2. The minimum Gasteiger partial charge on any atom is -0.456 e. The first-order valence-electron chi connectivity index (χ1n) is 8.35. The molecule has 0 bridgehead atoms. The van der Waals surface area contributed by atoms with Crippen LogP contribution in [0.2, 0.25) is 0 Å². The fourth-order valence-electron chi connectivity index (χ4n) is 2.41. The van der Waals surface area contributed by atoms with E-state index in [2.05, 4.69) is 10.3 Å². The molecule has 1 amide bonds. The van der Waals surface area contributed by atoms with E-state index in [4.69, 9.17) is 4.74 Å². The van der Waals surface area contributed by atoms with Crippen LogP contribution in [-0.2, 0) is 20.7 Å². The van der Waals surface area contributed by atoms with Gasteiger partial charge in [0.2, 0.25) is 0 Å². The van der Waals surface area contributed by atoms with Crippen molar-refractivity contribution in [1.29, 1.82) is 0 Å². The molecule has 0 saturated carbocycles. The summed E-state index contributed by atoms with van der Waals surface area (Å²) in [6.07, 6.45) is 0.526. The Morgan fingerprint density at radius 1 is 1.14 bits per heavy atom. The van der Waals surface area contributed by atoms with Crippen molar-refractivity contribution in [1.82, 2.24) is 4.98 Å². The number of ether oxygens (including phenoxy) is 1. The molecular formula is C19H16F2N2O3S2. The number of nitrogens with zero attached hydrogens (tertiary/aromatic N) is 1. The maximum absolute atomic E-state index is 12.6. The predicted octanol–water partition coefficient (Wildman–Crippen LogP) is 4.73. The number of thiazole rings is 1. The number of carbonyl (C=O) groups is 2. The Labute approximate surface area is 168 Å². The van der Waals surface area contributed by atoms with Crippen molar-refractivity contribution in [3.8, 4) is 0 Å². The summed E-state index contributed by atoms with van der Waals surface area (Å²) < 4.78 is 31.1. The number of halogens is 2. The molecule has 0 saturated heterocycles. The number of hydrogen-bond donors (Lipinski definition) is 1. The van der Waals surface area contributed by atoms with Crippen LogP contribution in [0.15, 0.2) is 53.4 Å². The summed E-state index contributed by atoms with van der Waals surface area (Å²) in [6.45, 7) is -0.480. The highest BCUT2D eigenvalue weighted by Crippen LogP contribution is 2.31. The van der Waals surface area contributed by atoms with Crippen molar-refractivity contribution in [3.05, 3.63) is 53.5 Å². The number of fused-ring (bicyclic) bond motifs is 1. The number of anilines is 1. The summed E-state index contributed by atoms with van der Waals surface area (Å²) in [5.41, 5.74) is 1.14. The second kappa shape index (κ2) is 9.61. The van der Waals surface area contributed by atoms with Gasteiger partial charge in [-0.05, 0) is 24.3 Å². The minimum atomic E-state index is -2.60. The van der Waals surface area contributed by atoms with Gasteiger partial charge in [-0.1, -0.05) is 36.0 Å². The molecule has 1 heterocycles. The third-order valence-electron chi connectivity index (χ3n) is 3.62. The molecule has 0 atom stereocenters. The zero-order valence-corrected chi connectivity index (χ0v) is 16.2. The highest BCUT2D eigenvalue weighted by molar-refractivity contribution is 7.99. The SMILES string of the molecule is O=C(COC(=O)CCc1nc2ccccc2s1)Nc1ccccc1SC(F)F. The van der Waals surface area contributed by atoms with Gasteiger partial charge in [-0.25, -0.2) is 4.98 Å². The van der Waals surface area contributed by atoms with Crippen molar-refractivity contribution in [3.63, 3.8) is 0 Å². The molecule has 0 aliphatic carbocycles. The number of aryl methyl sites for hydroxylation is 1. The van der Waals surface area contributed by atoms with Crippen LogP contribution >= 0.6 is 23.1 Å². The summed E-state index contributed by atoms with van der Waals surface area (Å²) in [6, 6.07) is 13.9. The van der Waals surface area contributed by atoms with Gasteiger partial charge < -0.3 is 10.1 Å². The molecule has 0 radical (unpaired) electrons. The van der Waals surface area contributed by atoms with E-state index in [0.29, 0.717) is 18.2 Å². The summed E-state index contributed by atoms with van der Waals surface area (Å²) in [5.74, 6) is -3.71. The number of thioether (sulfide) groups is 1.